The molecule has 1 aromatic carbocycles. The van der Waals surface area contributed by atoms with E-state index in [1.807, 2.05) is 53.9 Å². The number of hydrogen-bond donors (Lipinski definition) is 1. The van der Waals surface area contributed by atoms with E-state index in [-0.39, 0.29) is 12.1 Å². The lowest BCUT2D eigenvalue weighted by molar-refractivity contribution is 0.140. The van der Waals surface area contributed by atoms with Crippen LogP contribution in [-0.4, -0.2) is 70.7 Å². The first-order valence-electron chi connectivity index (χ1n) is 8.83. The van der Waals surface area contributed by atoms with Crippen molar-refractivity contribution in [3.05, 3.63) is 36.2 Å². The van der Waals surface area contributed by atoms with E-state index < -0.39 is 0 Å². The Morgan fingerprint density at radius 2 is 2.00 bits per heavy atom. The molecule has 2 aromatic rings. The number of thioether (sulfide) groups is 1. The fourth-order valence-electron chi connectivity index (χ4n) is 2.85. The van der Waals surface area contributed by atoms with Crippen LogP contribution in [0.1, 0.15) is 18.9 Å². The summed E-state index contributed by atoms with van der Waals surface area (Å²) in [6.45, 7) is 6.26. The molecule has 7 nitrogen and oxygen atoms in total. The molecule has 2 amide bonds. The van der Waals surface area contributed by atoms with Crippen molar-refractivity contribution in [1.82, 2.24) is 25.3 Å². The fraction of sp³-hybridized carbons (Fsp3) is 0.500. The molecule has 26 heavy (non-hydrogen) atoms. The second-order valence-corrected chi connectivity index (χ2v) is 7.30. The molecular weight excluding hydrogens is 350 g/mol. The number of carbonyl (C=O) groups is 1. The molecular formula is C18H25N5O2S. The minimum atomic E-state index is -0.331. The third-order valence-electron chi connectivity index (χ3n) is 4.46. The van der Waals surface area contributed by atoms with Crippen molar-refractivity contribution < 1.29 is 9.32 Å². The van der Waals surface area contributed by atoms with Crippen molar-refractivity contribution in [2.75, 3.05) is 44.7 Å². The summed E-state index contributed by atoms with van der Waals surface area (Å²) in [5.74, 6) is 2.07. The monoisotopic (exact) mass is 375 g/mol. The first-order valence-corrected chi connectivity index (χ1v) is 10.2. The van der Waals surface area contributed by atoms with E-state index in [0.29, 0.717) is 11.7 Å². The number of nitrogens with zero attached hydrogens (tertiary/aromatic N) is 4. The van der Waals surface area contributed by atoms with E-state index in [2.05, 4.69) is 26.6 Å². The van der Waals surface area contributed by atoms with E-state index in [1.54, 1.807) is 0 Å². The molecule has 1 fully saturated rings. The first kappa shape index (κ1) is 18.7. The molecule has 0 aliphatic carbocycles. The van der Waals surface area contributed by atoms with E-state index in [0.717, 1.165) is 44.0 Å². The summed E-state index contributed by atoms with van der Waals surface area (Å²) < 4.78 is 5.33. The summed E-state index contributed by atoms with van der Waals surface area (Å²) in [5.41, 5.74) is 0.891. The zero-order chi connectivity index (χ0) is 18.4. The van der Waals surface area contributed by atoms with Crippen LogP contribution in [0.15, 0.2) is 34.9 Å². The van der Waals surface area contributed by atoms with Crippen molar-refractivity contribution in [2.24, 2.45) is 0 Å². The van der Waals surface area contributed by atoms with Gasteiger partial charge in [-0.15, -0.1) is 0 Å². The summed E-state index contributed by atoms with van der Waals surface area (Å²) >= 11 is 1.85. The maximum Gasteiger partial charge on any atom is 0.318 e. The Kier molecular flexibility index (Phi) is 6.51. The van der Waals surface area contributed by atoms with E-state index in [4.69, 9.17) is 4.52 Å². The van der Waals surface area contributed by atoms with Gasteiger partial charge in [0, 0.05) is 44.0 Å². The molecule has 140 valence electrons. The lowest BCUT2D eigenvalue weighted by Crippen LogP contribution is -2.52. The Balaban J connectivity index is 1.51. The Morgan fingerprint density at radius 1 is 1.27 bits per heavy atom. The summed E-state index contributed by atoms with van der Waals surface area (Å²) in [7, 11) is 0. The van der Waals surface area contributed by atoms with Crippen molar-refractivity contribution in [1.29, 1.82) is 0 Å². The van der Waals surface area contributed by atoms with Gasteiger partial charge in [-0.25, -0.2) is 4.79 Å². The minimum absolute atomic E-state index is 0.0820. The summed E-state index contributed by atoms with van der Waals surface area (Å²) in [6.07, 6.45) is 2.12. The molecule has 0 unspecified atom stereocenters. The third-order valence-corrected chi connectivity index (χ3v) is 5.05. The predicted molar refractivity (Wildman–Crippen MR) is 103 cm³/mol. The highest BCUT2D eigenvalue weighted by Crippen LogP contribution is 2.18. The number of rotatable bonds is 6. The van der Waals surface area contributed by atoms with Crippen LogP contribution >= 0.6 is 11.8 Å². The molecule has 0 saturated carbocycles. The molecule has 2 heterocycles. The molecule has 1 aromatic heterocycles. The van der Waals surface area contributed by atoms with Crippen LogP contribution in [0.25, 0.3) is 11.4 Å². The Morgan fingerprint density at radius 3 is 2.69 bits per heavy atom. The molecule has 1 atom stereocenters. The van der Waals surface area contributed by atoms with Crippen LogP contribution in [0.4, 0.5) is 4.79 Å². The average molecular weight is 375 g/mol. The quantitative estimate of drug-likeness (QED) is 0.836. The Hall–Kier alpha value is -2.06. The number of urea groups is 1. The van der Waals surface area contributed by atoms with Crippen molar-refractivity contribution in [3.63, 3.8) is 0 Å². The van der Waals surface area contributed by atoms with E-state index in [1.165, 1.54) is 0 Å². The Labute approximate surface area is 158 Å². The average Bonchev–Trinajstić information content (AvgIpc) is 3.18. The standard InChI is InChI=1S/C18H25N5O2S/c1-14(17-20-16(21-25-17)15-6-4-3-5-7-15)19-18(24)23-10-8-22(9-11-23)12-13-26-2/h3-7,14H,8-13H2,1-2H3,(H,19,24)/t14-/m0/s1. The molecule has 1 aliphatic rings. The number of carbonyl (C=O) groups excluding carboxylic acids is 1. The molecule has 1 N–H and O–H groups in total. The van der Waals surface area contributed by atoms with Gasteiger partial charge < -0.3 is 14.7 Å². The van der Waals surface area contributed by atoms with Gasteiger partial charge in [-0.3, -0.25) is 4.90 Å². The van der Waals surface area contributed by atoms with Crippen LogP contribution in [0.5, 0.6) is 0 Å². The van der Waals surface area contributed by atoms with E-state index in [9.17, 15) is 4.79 Å². The number of hydrogen-bond acceptors (Lipinski definition) is 6. The number of nitrogens with one attached hydrogen (secondary N) is 1. The topological polar surface area (TPSA) is 74.5 Å². The molecule has 1 aliphatic heterocycles. The smallest absolute Gasteiger partial charge is 0.318 e. The van der Waals surface area contributed by atoms with Gasteiger partial charge in [0.05, 0.1) is 0 Å². The second kappa shape index (κ2) is 9.05. The van der Waals surface area contributed by atoms with Crippen molar-refractivity contribution >= 4 is 17.8 Å². The van der Waals surface area contributed by atoms with Crippen LogP contribution in [0.2, 0.25) is 0 Å². The molecule has 0 radical (unpaired) electrons. The largest absolute Gasteiger partial charge is 0.337 e. The zero-order valence-electron chi connectivity index (χ0n) is 15.2. The van der Waals surface area contributed by atoms with Crippen LogP contribution in [0.3, 0.4) is 0 Å². The van der Waals surface area contributed by atoms with Gasteiger partial charge in [0.1, 0.15) is 6.04 Å². The molecule has 1 saturated heterocycles. The van der Waals surface area contributed by atoms with Gasteiger partial charge in [-0.1, -0.05) is 35.5 Å². The molecule has 3 rings (SSSR count). The van der Waals surface area contributed by atoms with Gasteiger partial charge in [0.15, 0.2) is 0 Å². The summed E-state index contributed by atoms with van der Waals surface area (Å²) in [6, 6.07) is 9.23. The highest BCUT2D eigenvalue weighted by atomic mass is 32.2. The third kappa shape index (κ3) is 4.76. The van der Waals surface area contributed by atoms with Gasteiger partial charge >= 0.3 is 6.03 Å². The van der Waals surface area contributed by atoms with Crippen LogP contribution in [0, 0.1) is 0 Å². The Bertz CT molecular complexity index is 701. The number of piperazine rings is 1. The van der Waals surface area contributed by atoms with Gasteiger partial charge in [0.2, 0.25) is 11.7 Å². The maximum absolute atomic E-state index is 12.5. The van der Waals surface area contributed by atoms with Gasteiger partial charge in [0.25, 0.3) is 0 Å². The lowest BCUT2D eigenvalue weighted by Gasteiger charge is -2.34. The zero-order valence-corrected chi connectivity index (χ0v) is 16.0. The lowest BCUT2D eigenvalue weighted by atomic mass is 10.2. The fourth-order valence-corrected chi connectivity index (χ4v) is 3.29. The molecule has 0 spiro atoms. The van der Waals surface area contributed by atoms with Gasteiger partial charge in [-0.05, 0) is 13.2 Å². The SMILES string of the molecule is CSCCN1CCN(C(=O)N[C@@H](C)c2nc(-c3ccccc3)no2)CC1. The second-order valence-electron chi connectivity index (χ2n) is 6.31. The maximum atomic E-state index is 12.5. The van der Waals surface area contributed by atoms with Crippen molar-refractivity contribution in [3.8, 4) is 11.4 Å². The highest BCUT2D eigenvalue weighted by molar-refractivity contribution is 7.98. The van der Waals surface area contributed by atoms with Crippen LogP contribution in [-0.2, 0) is 0 Å². The number of amides is 2. The normalized spacial score (nSPS) is 16.5. The van der Waals surface area contributed by atoms with Crippen LogP contribution < -0.4 is 5.32 Å². The summed E-state index contributed by atoms with van der Waals surface area (Å²) in [5, 5.41) is 6.96. The highest BCUT2D eigenvalue weighted by Gasteiger charge is 2.24. The summed E-state index contributed by atoms with van der Waals surface area (Å²) in [4.78, 5) is 21.1. The number of aromatic nitrogens is 2. The van der Waals surface area contributed by atoms with E-state index >= 15 is 0 Å². The van der Waals surface area contributed by atoms with Gasteiger partial charge in [-0.2, -0.15) is 16.7 Å². The first-order chi connectivity index (χ1) is 12.7. The molecule has 8 heteroatoms. The van der Waals surface area contributed by atoms with Crippen molar-refractivity contribution in [2.45, 2.75) is 13.0 Å². The minimum Gasteiger partial charge on any atom is -0.337 e. The molecule has 0 bridgehead atoms. The predicted octanol–water partition coefficient (Wildman–Crippen LogP) is 2.49. The number of benzene rings is 1.